The number of nitrogen functional groups attached to an aromatic ring is 1. The van der Waals surface area contributed by atoms with E-state index in [4.69, 9.17) is 10.5 Å². The van der Waals surface area contributed by atoms with Crippen LogP contribution in [0.1, 0.15) is 30.9 Å². The molecular formula is C23H26N6O2. The minimum Gasteiger partial charge on any atom is -0.489 e. The van der Waals surface area contributed by atoms with Gasteiger partial charge in [-0.1, -0.05) is 55.8 Å². The van der Waals surface area contributed by atoms with Crippen molar-refractivity contribution in [2.24, 2.45) is 0 Å². The average Bonchev–Trinajstić information content (AvgIpc) is 3.10. The normalized spacial score (nSPS) is 11.0. The smallest absolute Gasteiger partial charge is 0.328 e. The summed E-state index contributed by atoms with van der Waals surface area (Å²) < 4.78 is 7.40. The summed E-state index contributed by atoms with van der Waals surface area (Å²) in [5.74, 6) is 1.45. The number of aromatic amines is 1. The van der Waals surface area contributed by atoms with Gasteiger partial charge in [0.2, 0.25) is 5.95 Å². The first-order valence-corrected chi connectivity index (χ1v) is 10.4. The Bertz CT molecular complexity index is 1200. The number of imidazole rings is 1. The molecule has 0 aliphatic rings. The number of fused-ring (bicyclic) bond motifs is 1. The molecule has 0 amide bonds. The first kappa shape index (κ1) is 20.5. The number of benzene rings is 2. The number of unbranched alkanes of at least 4 members (excludes halogenated alkanes) is 1. The van der Waals surface area contributed by atoms with E-state index in [-0.39, 0.29) is 11.5 Å². The van der Waals surface area contributed by atoms with Crippen molar-refractivity contribution < 1.29 is 4.74 Å². The van der Waals surface area contributed by atoms with Crippen LogP contribution in [0.4, 0.5) is 11.8 Å². The zero-order chi connectivity index (χ0) is 21.6. The number of hydrogen-bond acceptors (Lipinski definition) is 6. The second-order valence-corrected chi connectivity index (χ2v) is 7.35. The largest absolute Gasteiger partial charge is 0.489 e. The summed E-state index contributed by atoms with van der Waals surface area (Å²) in [7, 11) is 0. The Labute approximate surface area is 180 Å². The van der Waals surface area contributed by atoms with Crippen LogP contribution in [-0.4, -0.2) is 26.1 Å². The molecule has 8 nitrogen and oxygen atoms in total. The highest BCUT2D eigenvalue weighted by molar-refractivity contribution is 5.82. The first-order chi connectivity index (χ1) is 15.1. The molecule has 0 unspecified atom stereocenters. The van der Waals surface area contributed by atoms with Crippen molar-refractivity contribution in [3.63, 3.8) is 0 Å². The number of hydrogen-bond donors (Lipinski definition) is 3. The molecule has 0 saturated heterocycles. The van der Waals surface area contributed by atoms with Crippen LogP contribution < -0.4 is 21.5 Å². The fraction of sp³-hybridized carbons (Fsp3) is 0.261. The van der Waals surface area contributed by atoms with E-state index in [0.29, 0.717) is 30.3 Å². The fourth-order valence-corrected chi connectivity index (χ4v) is 3.27. The van der Waals surface area contributed by atoms with E-state index in [1.165, 1.54) is 0 Å². The van der Waals surface area contributed by atoms with Crippen molar-refractivity contribution in [2.75, 3.05) is 17.6 Å². The lowest BCUT2D eigenvalue weighted by Crippen LogP contribution is -2.18. The van der Waals surface area contributed by atoms with Gasteiger partial charge < -0.3 is 20.8 Å². The van der Waals surface area contributed by atoms with Gasteiger partial charge in [-0.05, 0) is 29.7 Å². The van der Waals surface area contributed by atoms with Crippen molar-refractivity contribution in [3.8, 4) is 5.75 Å². The fourth-order valence-electron chi connectivity index (χ4n) is 3.27. The molecule has 0 aliphatic carbocycles. The Kier molecular flexibility index (Phi) is 6.16. The third kappa shape index (κ3) is 4.85. The zero-order valence-electron chi connectivity index (χ0n) is 17.5. The van der Waals surface area contributed by atoms with Gasteiger partial charge in [0.25, 0.3) is 0 Å². The summed E-state index contributed by atoms with van der Waals surface area (Å²) in [5, 5.41) is 3.17. The number of H-pyrrole nitrogens is 1. The van der Waals surface area contributed by atoms with E-state index in [9.17, 15) is 4.79 Å². The van der Waals surface area contributed by atoms with Crippen LogP contribution in [-0.2, 0) is 13.2 Å². The quantitative estimate of drug-likeness (QED) is 0.359. The third-order valence-electron chi connectivity index (χ3n) is 4.98. The van der Waals surface area contributed by atoms with Gasteiger partial charge in [-0.2, -0.15) is 9.97 Å². The molecule has 0 radical (unpaired) electrons. The van der Waals surface area contributed by atoms with E-state index in [0.717, 1.165) is 36.3 Å². The van der Waals surface area contributed by atoms with Gasteiger partial charge in [0.15, 0.2) is 11.5 Å². The number of aromatic nitrogens is 4. The molecule has 0 atom stereocenters. The molecule has 0 fully saturated rings. The predicted molar refractivity (Wildman–Crippen MR) is 122 cm³/mol. The predicted octanol–water partition coefficient (Wildman–Crippen LogP) is 3.54. The third-order valence-corrected chi connectivity index (χ3v) is 4.98. The van der Waals surface area contributed by atoms with Crippen LogP contribution in [0.3, 0.4) is 0 Å². The van der Waals surface area contributed by atoms with Gasteiger partial charge in [0.05, 0.1) is 6.54 Å². The van der Waals surface area contributed by atoms with Gasteiger partial charge in [-0.3, -0.25) is 4.57 Å². The SMILES string of the molecule is CCCCNc1nc(N)c2[nH]c(=O)n(Cc3ccc(OCc4ccccc4)cc3)c2n1. The van der Waals surface area contributed by atoms with Crippen LogP contribution >= 0.6 is 0 Å². The molecule has 0 spiro atoms. The van der Waals surface area contributed by atoms with Crippen LogP contribution in [0.5, 0.6) is 5.75 Å². The highest BCUT2D eigenvalue weighted by Gasteiger charge is 2.14. The summed E-state index contributed by atoms with van der Waals surface area (Å²) >= 11 is 0. The van der Waals surface area contributed by atoms with Gasteiger partial charge in [0, 0.05) is 6.54 Å². The molecule has 2 heterocycles. The maximum absolute atomic E-state index is 12.5. The van der Waals surface area contributed by atoms with Crippen molar-refractivity contribution in [2.45, 2.75) is 32.9 Å². The second-order valence-electron chi connectivity index (χ2n) is 7.35. The average molecular weight is 419 g/mol. The van der Waals surface area contributed by atoms with Crippen molar-refractivity contribution >= 4 is 22.9 Å². The van der Waals surface area contributed by atoms with Crippen LogP contribution in [0.25, 0.3) is 11.2 Å². The number of nitrogens with two attached hydrogens (primary N) is 1. The zero-order valence-corrected chi connectivity index (χ0v) is 17.5. The minimum absolute atomic E-state index is 0.254. The maximum atomic E-state index is 12.5. The van der Waals surface area contributed by atoms with E-state index in [2.05, 4.69) is 27.2 Å². The molecule has 160 valence electrons. The topological polar surface area (TPSA) is 111 Å². The highest BCUT2D eigenvalue weighted by atomic mass is 16.5. The Morgan fingerprint density at radius 2 is 1.84 bits per heavy atom. The molecule has 0 bridgehead atoms. The molecular weight excluding hydrogens is 392 g/mol. The summed E-state index contributed by atoms with van der Waals surface area (Å²) in [6, 6.07) is 17.7. The molecule has 4 N–H and O–H groups in total. The highest BCUT2D eigenvalue weighted by Crippen LogP contribution is 2.19. The standard InChI is InChI=1S/C23H26N6O2/c1-2-3-13-25-22-27-20(24)19-21(28-22)29(23(30)26-19)14-16-9-11-18(12-10-16)31-15-17-7-5-4-6-8-17/h4-12H,2-3,13-15H2,1H3,(H,26,30)(H3,24,25,27,28). The summed E-state index contributed by atoms with van der Waals surface area (Å²) in [6.07, 6.45) is 2.06. The summed E-state index contributed by atoms with van der Waals surface area (Å²) in [4.78, 5) is 24.1. The number of ether oxygens (including phenoxy) is 1. The second kappa shape index (κ2) is 9.34. The molecule has 0 saturated carbocycles. The monoisotopic (exact) mass is 418 g/mol. The molecule has 4 aromatic rings. The molecule has 31 heavy (non-hydrogen) atoms. The molecule has 8 heteroatoms. The number of nitrogens with zero attached hydrogens (tertiary/aromatic N) is 3. The minimum atomic E-state index is -0.272. The lowest BCUT2D eigenvalue weighted by atomic mass is 10.2. The Morgan fingerprint density at radius 1 is 1.06 bits per heavy atom. The lowest BCUT2D eigenvalue weighted by molar-refractivity contribution is 0.306. The van der Waals surface area contributed by atoms with Gasteiger partial charge in [-0.15, -0.1) is 0 Å². The van der Waals surface area contributed by atoms with Crippen molar-refractivity contribution in [1.29, 1.82) is 0 Å². The van der Waals surface area contributed by atoms with E-state index in [1.807, 2.05) is 54.6 Å². The Hall–Kier alpha value is -3.81. The van der Waals surface area contributed by atoms with Gasteiger partial charge >= 0.3 is 5.69 Å². The molecule has 4 rings (SSSR count). The number of rotatable bonds is 9. The van der Waals surface area contributed by atoms with E-state index in [1.54, 1.807) is 4.57 Å². The number of anilines is 2. The van der Waals surface area contributed by atoms with Crippen molar-refractivity contribution in [1.82, 2.24) is 19.5 Å². The molecule has 2 aromatic carbocycles. The van der Waals surface area contributed by atoms with E-state index < -0.39 is 0 Å². The molecule has 2 aromatic heterocycles. The van der Waals surface area contributed by atoms with E-state index >= 15 is 0 Å². The number of nitrogens with one attached hydrogen (secondary N) is 2. The van der Waals surface area contributed by atoms with Crippen LogP contribution in [0.15, 0.2) is 59.4 Å². The van der Waals surface area contributed by atoms with Crippen LogP contribution in [0, 0.1) is 0 Å². The Balaban J connectivity index is 1.51. The van der Waals surface area contributed by atoms with Gasteiger partial charge in [-0.25, -0.2) is 4.79 Å². The first-order valence-electron chi connectivity index (χ1n) is 10.4. The van der Waals surface area contributed by atoms with Crippen LogP contribution in [0.2, 0.25) is 0 Å². The summed E-state index contributed by atoms with van der Waals surface area (Å²) in [5.41, 5.74) is 8.77. The Morgan fingerprint density at radius 3 is 2.58 bits per heavy atom. The lowest BCUT2D eigenvalue weighted by Gasteiger charge is -2.09. The maximum Gasteiger partial charge on any atom is 0.328 e. The summed E-state index contributed by atoms with van der Waals surface area (Å²) in [6.45, 7) is 3.73. The van der Waals surface area contributed by atoms with Crippen molar-refractivity contribution in [3.05, 3.63) is 76.2 Å². The van der Waals surface area contributed by atoms with Gasteiger partial charge in [0.1, 0.15) is 17.9 Å². The molecule has 0 aliphatic heterocycles.